The van der Waals surface area contributed by atoms with Crippen LogP contribution in [0.5, 0.6) is 5.88 Å². The van der Waals surface area contributed by atoms with Gasteiger partial charge in [-0.05, 0) is 77.8 Å². The number of benzene rings is 1. The Labute approximate surface area is 214 Å². The van der Waals surface area contributed by atoms with Gasteiger partial charge in [0.2, 0.25) is 17.8 Å². The lowest BCUT2D eigenvalue weighted by molar-refractivity contribution is 0.0569. The Kier molecular flexibility index (Phi) is 9.00. The van der Waals surface area contributed by atoms with Crippen molar-refractivity contribution in [2.75, 3.05) is 16.0 Å². The second-order valence-corrected chi connectivity index (χ2v) is 9.51. The van der Waals surface area contributed by atoms with E-state index in [1.165, 1.54) is 0 Å². The molecule has 0 bridgehead atoms. The smallest absolute Gasteiger partial charge is 0.233 e. The van der Waals surface area contributed by atoms with Crippen LogP contribution in [0.3, 0.4) is 0 Å². The number of nitrogens with zero attached hydrogens (tertiary/aromatic N) is 4. The van der Waals surface area contributed by atoms with Crippen molar-refractivity contribution in [3.63, 3.8) is 0 Å². The van der Waals surface area contributed by atoms with Gasteiger partial charge in [0.05, 0.1) is 33.4 Å². The standard InChI is InChI=1S/C22H27Br2N7O3/c1-11(12(2)32)27-19-17(23)9-25-21(30-19)28-15-6-5-7-16(8-15)29-22-26-10-18(24)20(31-22)34-14(4)13(3)33/h5-14,32-33H,1-4H3,(H,26,29,31)(H2,25,27,28,30)/t11-,12-,13-,14-/m1/s1. The summed E-state index contributed by atoms with van der Waals surface area (Å²) in [6.07, 6.45) is 1.61. The zero-order chi connectivity index (χ0) is 24.8. The summed E-state index contributed by atoms with van der Waals surface area (Å²) >= 11 is 6.80. The molecule has 0 aliphatic rings. The summed E-state index contributed by atoms with van der Waals surface area (Å²) in [5, 5.41) is 28.9. The Morgan fingerprint density at radius 1 is 0.853 bits per heavy atom. The van der Waals surface area contributed by atoms with Crippen LogP contribution in [0.1, 0.15) is 27.7 Å². The highest BCUT2D eigenvalue weighted by atomic mass is 79.9. The van der Waals surface area contributed by atoms with Gasteiger partial charge in [-0.1, -0.05) is 6.07 Å². The number of aliphatic hydroxyl groups excluding tert-OH is 2. The lowest BCUT2D eigenvalue weighted by atomic mass is 10.2. The summed E-state index contributed by atoms with van der Waals surface area (Å²) in [7, 11) is 0. The molecule has 0 radical (unpaired) electrons. The largest absolute Gasteiger partial charge is 0.471 e. The van der Waals surface area contributed by atoms with E-state index < -0.39 is 18.3 Å². The number of nitrogens with one attached hydrogen (secondary N) is 3. The van der Waals surface area contributed by atoms with E-state index in [2.05, 4.69) is 67.7 Å². The Bertz CT molecular complexity index is 1030. The fourth-order valence-corrected chi connectivity index (χ4v) is 3.16. The van der Waals surface area contributed by atoms with E-state index in [4.69, 9.17) is 4.74 Å². The van der Waals surface area contributed by atoms with Crippen LogP contribution in [0.2, 0.25) is 0 Å². The first kappa shape index (κ1) is 26.1. The molecular weight excluding hydrogens is 570 g/mol. The van der Waals surface area contributed by atoms with Crippen LogP contribution < -0.4 is 20.7 Å². The highest BCUT2D eigenvalue weighted by Gasteiger charge is 2.15. The van der Waals surface area contributed by atoms with Gasteiger partial charge in [0.25, 0.3) is 0 Å². The predicted octanol–water partition coefficient (Wildman–Crippen LogP) is 4.61. The predicted molar refractivity (Wildman–Crippen MR) is 139 cm³/mol. The molecule has 12 heteroatoms. The van der Waals surface area contributed by atoms with E-state index in [1.54, 1.807) is 33.2 Å². The maximum absolute atomic E-state index is 9.75. The van der Waals surface area contributed by atoms with Gasteiger partial charge in [0.15, 0.2) is 0 Å². The molecule has 2 heterocycles. The fourth-order valence-electron chi connectivity index (χ4n) is 2.57. The van der Waals surface area contributed by atoms with Crippen LogP contribution in [0.15, 0.2) is 45.6 Å². The van der Waals surface area contributed by atoms with Crippen LogP contribution in [0.25, 0.3) is 0 Å². The molecule has 10 nitrogen and oxygen atoms in total. The number of aliphatic hydroxyl groups is 2. The third-order valence-corrected chi connectivity index (χ3v) is 6.02. The van der Waals surface area contributed by atoms with Gasteiger partial charge in [-0.15, -0.1) is 0 Å². The summed E-state index contributed by atoms with van der Waals surface area (Å²) < 4.78 is 6.99. The van der Waals surface area contributed by atoms with Gasteiger partial charge in [0, 0.05) is 17.6 Å². The van der Waals surface area contributed by atoms with Crippen molar-refractivity contribution in [3.05, 3.63) is 45.6 Å². The molecule has 0 amide bonds. The number of halogens is 2. The van der Waals surface area contributed by atoms with Crippen LogP contribution in [-0.2, 0) is 0 Å². The first-order chi connectivity index (χ1) is 16.1. The lowest BCUT2D eigenvalue weighted by Gasteiger charge is -2.18. The lowest BCUT2D eigenvalue weighted by Crippen LogP contribution is -2.28. The minimum atomic E-state index is -0.646. The van der Waals surface area contributed by atoms with Gasteiger partial charge >= 0.3 is 0 Å². The highest BCUT2D eigenvalue weighted by molar-refractivity contribution is 9.11. The Morgan fingerprint density at radius 2 is 1.44 bits per heavy atom. The molecule has 182 valence electrons. The third kappa shape index (κ3) is 7.23. The van der Waals surface area contributed by atoms with E-state index in [9.17, 15) is 10.2 Å². The van der Waals surface area contributed by atoms with Gasteiger partial charge in [-0.2, -0.15) is 9.97 Å². The first-order valence-corrected chi connectivity index (χ1v) is 12.2. The SMILES string of the molecule is C[C@@H](O)[C@@H](C)Nc1nc(Nc2cccc(Nc3ncc(Br)c(O[C@H](C)[C@@H](C)O)n3)c2)ncc1Br. The fraction of sp³-hybridized carbons (Fsp3) is 0.364. The number of rotatable bonds is 10. The minimum absolute atomic E-state index is 0.185. The van der Waals surface area contributed by atoms with Crippen LogP contribution in [0, 0.1) is 0 Å². The number of hydrogen-bond donors (Lipinski definition) is 5. The average molecular weight is 597 g/mol. The molecule has 0 spiro atoms. The molecule has 0 unspecified atom stereocenters. The quantitative estimate of drug-likeness (QED) is 0.225. The van der Waals surface area contributed by atoms with Crippen molar-refractivity contribution in [2.24, 2.45) is 0 Å². The Hall–Kier alpha value is -2.54. The van der Waals surface area contributed by atoms with Gasteiger partial charge in [-0.3, -0.25) is 0 Å². The van der Waals surface area contributed by atoms with E-state index in [1.807, 2.05) is 31.2 Å². The van der Waals surface area contributed by atoms with Gasteiger partial charge in [0.1, 0.15) is 11.9 Å². The average Bonchev–Trinajstić information content (AvgIpc) is 2.78. The maximum atomic E-state index is 9.75. The van der Waals surface area contributed by atoms with Crippen LogP contribution >= 0.6 is 31.9 Å². The molecule has 5 N–H and O–H groups in total. The summed E-state index contributed by atoms with van der Waals surface area (Å²) in [5.41, 5.74) is 1.48. The normalized spacial score (nSPS) is 14.6. The summed E-state index contributed by atoms with van der Waals surface area (Å²) in [6, 6.07) is 7.29. The van der Waals surface area contributed by atoms with E-state index >= 15 is 0 Å². The van der Waals surface area contributed by atoms with E-state index in [0.717, 1.165) is 11.4 Å². The van der Waals surface area contributed by atoms with Crippen molar-refractivity contribution in [3.8, 4) is 5.88 Å². The molecule has 34 heavy (non-hydrogen) atoms. The minimum Gasteiger partial charge on any atom is -0.471 e. The Morgan fingerprint density at radius 3 is 2.03 bits per heavy atom. The summed E-state index contributed by atoms with van der Waals surface area (Å²) in [5.74, 6) is 1.63. The van der Waals surface area contributed by atoms with Crippen molar-refractivity contribution in [1.82, 2.24) is 19.9 Å². The second-order valence-electron chi connectivity index (χ2n) is 7.80. The topological polar surface area (TPSA) is 137 Å². The number of ether oxygens (including phenoxy) is 1. The molecule has 0 fully saturated rings. The molecule has 0 aliphatic carbocycles. The molecule has 0 saturated heterocycles. The third-order valence-electron chi connectivity index (χ3n) is 4.90. The number of anilines is 5. The second kappa shape index (κ2) is 11.7. The number of hydrogen-bond acceptors (Lipinski definition) is 10. The van der Waals surface area contributed by atoms with Gasteiger partial charge in [-0.25, -0.2) is 9.97 Å². The molecular formula is C22H27Br2N7O3. The van der Waals surface area contributed by atoms with Crippen molar-refractivity contribution in [2.45, 2.75) is 52.0 Å². The molecule has 0 aliphatic heterocycles. The number of aromatic nitrogens is 4. The highest BCUT2D eigenvalue weighted by Crippen LogP contribution is 2.27. The maximum Gasteiger partial charge on any atom is 0.233 e. The van der Waals surface area contributed by atoms with Crippen LogP contribution in [-0.4, -0.2) is 54.5 Å². The zero-order valence-electron chi connectivity index (χ0n) is 19.1. The van der Waals surface area contributed by atoms with E-state index in [0.29, 0.717) is 32.5 Å². The van der Waals surface area contributed by atoms with Gasteiger partial charge < -0.3 is 30.9 Å². The Balaban J connectivity index is 1.74. The zero-order valence-corrected chi connectivity index (χ0v) is 22.3. The molecule has 2 aromatic heterocycles. The molecule has 1 aromatic carbocycles. The monoisotopic (exact) mass is 595 g/mol. The molecule has 3 rings (SSSR count). The van der Waals surface area contributed by atoms with Crippen molar-refractivity contribution in [1.29, 1.82) is 0 Å². The summed E-state index contributed by atoms with van der Waals surface area (Å²) in [4.78, 5) is 17.4. The van der Waals surface area contributed by atoms with Crippen molar-refractivity contribution >= 4 is 60.9 Å². The first-order valence-electron chi connectivity index (χ1n) is 10.6. The van der Waals surface area contributed by atoms with Crippen molar-refractivity contribution < 1.29 is 14.9 Å². The molecule has 3 aromatic rings. The molecule has 4 atom stereocenters. The van der Waals surface area contributed by atoms with Crippen LogP contribution in [0.4, 0.5) is 29.1 Å². The summed E-state index contributed by atoms with van der Waals surface area (Å²) in [6.45, 7) is 6.99. The van der Waals surface area contributed by atoms with E-state index in [-0.39, 0.29) is 6.04 Å². The molecule has 0 saturated carbocycles.